The maximum atomic E-state index is 11.6. The molecule has 0 saturated carbocycles. The van der Waals surface area contributed by atoms with Gasteiger partial charge in [0.2, 0.25) is 0 Å². The van der Waals surface area contributed by atoms with Crippen molar-refractivity contribution in [3.63, 3.8) is 0 Å². The van der Waals surface area contributed by atoms with E-state index in [9.17, 15) is 29.8 Å². The molecular formula is C10H9N3O7. The van der Waals surface area contributed by atoms with E-state index in [1.54, 1.807) is 0 Å². The lowest BCUT2D eigenvalue weighted by Gasteiger charge is -2.03. The van der Waals surface area contributed by atoms with Crippen LogP contribution in [0.4, 0.5) is 11.4 Å². The number of nitro groups is 2. The van der Waals surface area contributed by atoms with Crippen molar-refractivity contribution in [1.82, 2.24) is 5.32 Å². The molecular weight excluding hydrogens is 274 g/mol. The summed E-state index contributed by atoms with van der Waals surface area (Å²) in [6.45, 7) is -0.190. The summed E-state index contributed by atoms with van der Waals surface area (Å²) in [6.07, 6.45) is -0.331. The molecule has 0 saturated heterocycles. The molecule has 0 unspecified atom stereocenters. The highest BCUT2D eigenvalue weighted by molar-refractivity contribution is 5.95. The molecule has 10 nitrogen and oxygen atoms in total. The molecule has 0 aliphatic rings. The number of nitrogens with one attached hydrogen (secondary N) is 1. The highest BCUT2D eigenvalue weighted by Crippen LogP contribution is 2.22. The smallest absolute Gasteiger partial charge is 0.305 e. The van der Waals surface area contributed by atoms with Gasteiger partial charge in [-0.3, -0.25) is 29.8 Å². The quantitative estimate of drug-likeness (QED) is 0.575. The van der Waals surface area contributed by atoms with Crippen LogP contribution in [0.3, 0.4) is 0 Å². The number of carbonyl (C=O) groups excluding carboxylic acids is 1. The van der Waals surface area contributed by atoms with Crippen molar-refractivity contribution in [2.45, 2.75) is 6.42 Å². The van der Waals surface area contributed by atoms with Gasteiger partial charge in [0.1, 0.15) is 0 Å². The molecule has 1 amide bonds. The van der Waals surface area contributed by atoms with Gasteiger partial charge in [-0.1, -0.05) is 0 Å². The molecule has 0 heterocycles. The number of non-ortho nitro benzene ring substituents is 2. The fraction of sp³-hybridized carbons (Fsp3) is 0.200. The van der Waals surface area contributed by atoms with E-state index in [4.69, 9.17) is 5.11 Å². The van der Waals surface area contributed by atoms with Crippen LogP contribution in [0.2, 0.25) is 0 Å². The Kier molecular flexibility index (Phi) is 4.67. The van der Waals surface area contributed by atoms with Crippen molar-refractivity contribution in [2.24, 2.45) is 0 Å². The molecule has 1 aromatic rings. The summed E-state index contributed by atoms with van der Waals surface area (Å²) in [5, 5.41) is 31.9. The first-order valence-corrected chi connectivity index (χ1v) is 5.25. The molecule has 0 aromatic heterocycles. The van der Waals surface area contributed by atoms with E-state index in [0.29, 0.717) is 0 Å². The SMILES string of the molecule is O=C(O)CCNC(=O)c1cc([N+](=O)[O-])cc([N+](=O)[O-])c1. The summed E-state index contributed by atoms with van der Waals surface area (Å²) in [6, 6.07) is 2.49. The summed E-state index contributed by atoms with van der Waals surface area (Å²) in [4.78, 5) is 41.4. The minimum absolute atomic E-state index is 0.190. The zero-order valence-electron chi connectivity index (χ0n) is 9.94. The number of aliphatic carboxylic acids is 1. The minimum Gasteiger partial charge on any atom is -0.481 e. The predicted octanol–water partition coefficient (Wildman–Crippen LogP) is 0.708. The second-order valence-corrected chi connectivity index (χ2v) is 3.65. The molecule has 10 heteroatoms. The second kappa shape index (κ2) is 6.22. The van der Waals surface area contributed by atoms with Crippen LogP contribution >= 0.6 is 0 Å². The number of carboxylic acids is 1. The number of hydrogen-bond acceptors (Lipinski definition) is 6. The first-order valence-electron chi connectivity index (χ1n) is 5.25. The Morgan fingerprint density at radius 2 is 1.60 bits per heavy atom. The van der Waals surface area contributed by atoms with Gasteiger partial charge in [-0.15, -0.1) is 0 Å². The zero-order valence-corrected chi connectivity index (χ0v) is 9.94. The van der Waals surface area contributed by atoms with Crippen LogP contribution in [-0.4, -0.2) is 33.4 Å². The van der Waals surface area contributed by atoms with Gasteiger partial charge in [0.05, 0.1) is 27.9 Å². The maximum Gasteiger partial charge on any atom is 0.305 e. The lowest BCUT2D eigenvalue weighted by molar-refractivity contribution is -0.394. The normalized spacial score (nSPS) is 9.80. The van der Waals surface area contributed by atoms with Crippen molar-refractivity contribution in [1.29, 1.82) is 0 Å². The van der Waals surface area contributed by atoms with Gasteiger partial charge in [0, 0.05) is 18.7 Å². The van der Waals surface area contributed by atoms with Gasteiger partial charge in [-0.25, -0.2) is 0 Å². The standard InChI is InChI=1S/C10H9N3O7/c14-9(15)1-2-11-10(16)6-3-7(12(17)18)5-8(4-6)13(19)20/h3-5H,1-2H2,(H,11,16)(H,14,15). The third-order valence-electron chi connectivity index (χ3n) is 2.21. The average molecular weight is 283 g/mol. The Morgan fingerprint density at radius 3 is 2.00 bits per heavy atom. The number of hydrogen-bond donors (Lipinski definition) is 2. The van der Waals surface area contributed by atoms with Crippen LogP contribution < -0.4 is 5.32 Å². The molecule has 0 atom stereocenters. The Morgan fingerprint density at radius 1 is 1.10 bits per heavy atom. The molecule has 0 bridgehead atoms. The fourth-order valence-electron chi connectivity index (χ4n) is 1.32. The van der Waals surface area contributed by atoms with Gasteiger partial charge >= 0.3 is 5.97 Å². The molecule has 0 spiro atoms. The van der Waals surface area contributed by atoms with Crippen LogP contribution in [0.1, 0.15) is 16.8 Å². The van der Waals surface area contributed by atoms with Crippen molar-refractivity contribution in [2.75, 3.05) is 6.54 Å². The number of rotatable bonds is 6. The third-order valence-corrected chi connectivity index (χ3v) is 2.21. The monoisotopic (exact) mass is 283 g/mol. The molecule has 0 aliphatic carbocycles. The lowest BCUT2D eigenvalue weighted by Crippen LogP contribution is -2.26. The van der Waals surface area contributed by atoms with Gasteiger partial charge in [0.25, 0.3) is 17.3 Å². The molecule has 0 aliphatic heterocycles. The molecule has 1 aromatic carbocycles. The van der Waals surface area contributed by atoms with E-state index in [-0.39, 0.29) is 18.5 Å². The second-order valence-electron chi connectivity index (χ2n) is 3.65. The number of nitrogens with zero attached hydrogens (tertiary/aromatic N) is 2. The Balaban J connectivity index is 2.98. The molecule has 20 heavy (non-hydrogen) atoms. The van der Waals surface area contributed by atoms with E-state index in [1.807, 2.05) is 0 Å². The summed E-state index contributed by atoms with van der Waals surface area (Å²) in [5.74, 6) is -1.95. The minimum atomic E-state index is -1.13. The van der Waals surface area contributed by atoms with E-state index in [1.165, 1.54) is 0 Å². The van der Waals surface area contributed by atoms with Crippen molar-refractivity contribution >= 4 is 23.3 Å². The Hall–Kier alpha value is -3.04. The van der Waals surface area contributed by atoms with E-state index in [2.05, 4.69) is 5.32 Å². The maximum absolute atomic E-state index is 11.6. The molecule has 1 rings (SSSR count). The summed E-state index contributed by atoms with van der Waals surface area (Å²) in [7, 11) is 0. The summed E-state index contributed by atoms with van der Waals surface area (Å²) < 4.78 is 0. The van der Waals surface area contributed by atoms with Crippen LogP contribution in [0.5, 0.6) is 0 Å². The number of benzene rings is 1. The highest BCUT2D eigenvalue weighted by atomic mass is 16.6. The Labute approximate surface area is 111 Å². The molecule has 2 N–H and O–H groups in total. The van der Waals surface area contributed by atoms with Crippen molar-refractivity contribution < 1.29 is 24.5 Å². The topological polar surface area (TPSA) is 153 Å². The van der Waals surface area contributed by atoms with Gasteiger partial charge in [-0.05, 0) is 0 Å². The first kappa shape index (κ1) is 15.0. The average Bonchev–Trinajstić information content (AvgIpc) is 2.37. The van der Waals surface area contributed by atoms with E-state index in [0.717, 1.165) is 18.2 Å². The number of carbonyl (C=O) groups is 2. The van der Waals surface area contributed by atoms with Gasteiger partial charge in [0.15, 0.2) is 0 Å². The number of amides is 1. The largest absolute Gasteiger partial charge is 0.481 e. The lowest BCUT2D eigenvalue weighted by atomic mass is 10.1. The summed E-state index contributed by atoms with van der Waals surface area (Å²) >= 11 is 0. The fourth-order valence-corrected chi connectivity index (χ4v) is 1.32. The van der Waals surface area contributed by atoms with Crippen LogP contribution in [0.25, 0.3) is 0 Å². The van der Waals surface area contributed by atoms with Crippen LogP contribution in [0.15, 0.2) is 18.2 Å². The van der Waals surface area contributed by atoms with Gasteiger partial charge in [-0.2, -0.15) is 0 Å². The van der Waals surface area contributed by atoms with E-state index >= 15 is 0 Å². The van der Waals surface area contributed by atoms with Crippen molar-refractivity contribution in [3.8, 4) is 0 Å². The molecule has 106 valence electrons. The highest BCUT2D eigenvalue weighted by Gasteiger charge is 2.19. The van der Waals surface area contributed by atoms with E-state index < -0.39 is 33.1 Å². The first-order chi connectivity index (χ1) is 9.31. The van der Waals surface area contributed by atoms with Crippen LogP contribution in [0, 0.1) is 20.2 Å². The number of carboxylic acid groups (broad SMARTS) is 1. The molecule has 0 radical (unpaired) electrons. The third kappa shape index (κ3) is 4.01. The Bertz CT molecular complexity index is 552. The van der Waals surface area contributed by atoms with Crippen LogP contribution in [-0.2, 0) is 4.79 Å². The summed E-state index contributed by atoms with van der Waals surface area (Å²) in [5.41, 5.74) is -1.47. The zero-order chi connectivity index (χ0) is 15.3. The number of nitro benzene ring substituents is 2. The van der Waals surface area contributed by atoms with Crippen molar-refractivity contribution in [3.05, 3.63) is 44.0 Å². The molecule has 0 fully saturated rings. The van der Waals surface area contributed by atoms with Gasteiger partial charge < -0.3 is 10.4 Å². The predicted molar refractivity (Wildman–Crippen MR) is 64.3 cm³/mol.